The summed E-state index contributed by atoms with van der Waals surface area (Å²) < 4.78 is 33.5. The number of rotatable bonds is 8. The molecule has 6 nitrogen and oxygen atoms in total. The van der Waals surface area contributed by atoms with Crippen LogP contribution < -0.4 is 9.46 Å². The van der Waals surface area contributed by atoms with Crippen molar-refractivity contribution in [2.24, 2.45) is 5.92 Å². The number of para-hydroxylation sites is 2. The van der Waals surface area contributed by atoms with Crippen molar-refractivity contribution < 1.29 is 17.9 Å². The zero-order valence-electron chi connectivity index (χ0n) is 15.8. The Hall–Kier alpha value is -2.54. The fourth-order valence-electron chi connectivity index (χ4n) is 3.26. The standard InChI is InChI=1S/C21H24N2O4S/c1-27-20-8-3-2-7-19(20)22-28(25,26)18-6-4-5-16(13-18)21(24)23(17-11-12-17)14-15-9-10-15/h2-8,13,15,17,22H,9-12,14H2,1H3. The van der Waals surface area contributed by atoms with E-state index in [-0.39, 0.29) is 10.8 Å². The maximum Gasteiger partial charge on any atom is 0.262 e. The van der Waals surface area contributed by atoms with E-state index in [2.05, 4.69) is 4.72 Å². The van der Waals surface area contributed by atoms with Gasteiger partial charge in [0.2, 0.25) is 0 Å². The van der Waals surface area contributed by atoms with Crippen molar-refractivity contribution in [2.75, 3.05) is 18.4 Å². The van der Waals surface area contributed by atoms with Gasteiger partial charge in [-0.2, -0.15) is 0 Å². The van der Waals surface area contributed by atoms with Crippen LogP contribution in [-0.2, 0) is 10.0 Å². The smallest absolute Gasteiger partial charge is 0.262 e. The number of carbonyl (C=O) groups is 1. The van der Waals surface area contributed by atoms with Gasteiger partial charge in [-0.1, -0.05) is 18.2 Å². The molecule has 148 valence electrons. The molecule has 0 bridgehead atoms. The van der Waals surface area contributed by atoms with Gasteiger partial charge in [-0.05, 0) is 61.9 Å². The van der Waals surface area contributed by atoms with E-state index in [1.807, 2.05) is 4.90 Å². The molecular formula is C21H24N2O4S. The molecule has 0 atom stereocenters. The SMILES string of the molecule is COc1ccccc1NS(=O)(=O)c1cccc(C(=O)N(CC2CC2)C2CC2)c1. The molecule has 1 N–H and O–H groups in total. The number of hydrogen-bond donors (Lipinski definition) is 1. The Morgan fingerprint density at radius 3 is 2.54 bits per heavy atom. The first-order valence-electron chi connectivity index (χ1n) is 9.55. The summed E-state index contributed by atoms with van der Waals surface area (Å²) in [5, 5.41) is 0. The largest absolute Gasteiger partial charge is 0.495 e. The Labute approximate surface area is 165 Å². The summed E-state index contributed by atoms with van der Waals surface area (Å²) in [7, 11) is -2.36. The maximum absolute atomic E-state index is 13.0. The van der Waals surface area contributed by atoms with Crippen molar-refractivity contribution in [1.82, 2.24) is 4.90 Å². The van der Waals surface area contributed by atoms with Crippen molar-refractivity contribution >= 4 is 21.6 Å². The molecule has 0 spiro atoms. The predicted octanol–water partition coefficient (Wildman–Crippen LogP) is 3.51. The lowest BCUT2D eigenvalue weighted by molar-refractivity contribution is 0.0734. The first-order valence-corrected chi connectivity index (χ1v) is 11.0. The molecule has 2 aromatic carbocycles. The number of nitrogens with zero attached hydrogens (tertiary/aromatic N) is 1. The summed E-state index contributed by atoms with van der Waals surface area (Å²) in [5.74, 6) is 0.954. The zero-order valence-corrected chi connectivity index (χ0v) is 16.6. The lowest BCUT2D eigenvalue weighted by Gasteiger charge is -2.22. The Morgan fingerprint density at radius 2 is 1.86 bits per heavy atom. The van der Waals surface area contributed by atoms with E-state index in [1.165, 1.54) is 32.1 Å². The summed E-state index contributed by atoms with van der Waals surface area (Å²) in [6.07, 6.45) is 4.42. The Bertz CT molecular complexity index is 981. The van der Waals surface area contributed by atoms with Crippen LogP contribution >= 0.6 is 0 Å². The molecule has 2 aliphatic carbocycles. The molecule has 28 heavy (non-hydrogen) atoms. The number of methoxy groups -OCH3 is 1. The van der Waals surface area contributed by atoms with Crippen molar-refractivity contribution in [3.63, 3.8) is 0 Å². The molecule has 0 aromatic heterocycles. The van der Waals surface area contributed by atoms with Gasteiger partial charge in [0.15, 0.2) is 0 Å². The minimum absolute atomic E-state index is 0.0615. The number of anilines is 1. The van der Waals surface area contributed by atoms with Gasteiger partial charge >= 0.3 is 0 Å². The topological polar surface area (TPSA) is 75.7 Å². The van der Waals surface area contributed by atoms with Crippen molar-refractivity contribution in [2.45, 2.75) is 36.6 Å². The highest BCUT2D eigenvalue weighted by Gasteiger charge is 2.37. The number of amides is 1. The number of nitrogens with one attached hydrogen (secondary N) is 1. The Balaban J connectivity index is 1.57. The van der Waals surface area contributed by atoms with E-state index in [1.54, 1.807) is 36.4 Å². The third-order valence-corrected chi connectivity index (χ3v) is 6.51. The number of carbonyl (C=O) groups excluding carboxylic acids is 1. The molecule has 0 unspecified atom stereocenters. The van der Waals surface area contributed by atoms with E-state index in [4.69, 9.17) is 4.74 Å². The molecule has 0 heterocycles. The molecule has 2 fully saturated rings. The second kappa shape index (κ2) is 7.47. The van der Waals surface area contributed by atoms with Gasteiger partial charge < -0.3 is 9.64 Å². The molecular weight excluding hydrogens is 376 g/mol. The fraction of sp³-hybridized carbons (Fsp3) is 0.381. The first-order chi connectivity index (χ1) is 13.5. The predicted molar refractivity (Wildman–Crippen MR) is 107 cm³/mol. The molecule has 2 aromatic rings. The van der Waals surface area contributed by atoms with Crippen LogP contribution in [0.2, 0.25) is 0 Å². The maximum atomic E-state index is 13.0. The van der Waals surface area contributed by atoms with Crippen LogP contribution in [0.1, 0.15) is 36.0 Å². The molecule has 7 heteroatoms. The molecule has 0 radical (unpaired) electrons. The first kappa shape index (κ1) is 18.8. The van der Waals surface area contributed by atoms with Crippen LogP contribution in [0.15, 0.2) is 53.4 Å². The highest BCUT2D eigenvalue weighted by atomic mass is 32.2. The van der Waals surface area contributed by atoms with Crippen LogP contribution in [0.4, 0.5) is 5.69 Å². The summed E-state index contributed by atoms with van der Waals surface area (Å²) >= 11 is 0. The van der Waals surface area contributed by atoms with Gasteiger partial charge in [0, 0.05) is 18.2 Å². The second-order valence-electron chi connectivity index (χ2n) is 7.47. The number of ether oxygens (including phenoxy) is 1. The Morgan fingerprint density at radius 1 is 1.11 bits per heavy atom. The molecule has 2 saturated carbocycles. The van der Waals surface area contributed by atoms with E-state index >= 15 is 0 Å². The molecule has 1 amide bonds. The van der Waals surface area contributed by atoms with Crippen molar-refractivity contribution in [1.29, 1.82) is 0 Å². The minimum atomic E-state index is -3.84. The third-order valence-electron chi connectivity index (χ3n) is 5.14. The lowest BCUT2D eigenvalue weighted by atomic mass is 10.2. The molecule has 0 saturated heterocycles. The average Bonchev–Trinajstić information content (AvgIpc) is 3.60. The number of hydrogen-bond acceptors (Lipinski definition) is 4. The molecule has 2 aliphatic rings. The van der Waals surface area contributed by atoms with Crippen LogP contribution in [0.3, 0.4) is 0 Å². The van der Waals surface area contributed by atoms with Crippen molar-refractivity contribution in [3.8, 4) is 5.75 Å². The summed E-state index contributed by atoms with van der Waals surface area (Å²) in [4.78, 5) is 15.0. The van der Waals surface area contributed by atoms with E-state index in [9.17, 15) is 13.2 Å². The van der Waals surface area contributed by atoms with Crippen LogP contribution in [0.25, 0.3) is 0 Å². The van der Waals surface area contributed by atoms with Gasteiger partial charge in [0.05, 0.1) is 17.7 Å². The van der Waals surface area contributed by atoms with Crippen LogP contribution in [-0.4, -0.2) is 38.9 Å². The molecule has 0 aliphatic heterocycles. The third kappa shape index (κ3) is 4.14. The normalized spacial score (nSPS) is 16.5. The lowest BCUT2D eigenvalue weighted by Crippen LogP contribution is -2.35. The van der Waals surface area contributed by atoms with Crippen LogP contribution in [0, 0.1) is 5.92 Å². The van der Waals surface area contributed by atoms with Crippen molar-refractivity contribution in [3.05, 3.63) is 54.1 Å². The van der Waals surface area contributed by atoms with Gasteiger partial charge in [-0.25, -0.2) is 8.42 Å². The van der Waals surface area contributed by atoms with E-state index in [0.29, 0.717) is 29.0 Å². The monoisotopic (exact) mass is 400 g/mol. The van der Waals surface area contributed by atoms with E-state index < -0.39 is 10.0 Å². The number of benzene rings is 2. The quantitative estimate of drug-likeness (QED) is 0.736. The van der Waals surface area contributed by atoms with E-state index in [0.717, 1.165) is 19.4 Å². The summed E-state index contributed by atoms with van der Waals surface area (Å²) in [6.45, 7) is 0.778. The minimum Gasteiger partial charge on any atom is -0.495 e. The van der Waals surface area contributed by atoms with Gasteiger partial charge in [0.25, 0.3) is 15.9 Å². The molecule has 4 rings (SSSR count). The Kier molecular flexibility index (Phi) is 5.02. The summed E-state index contributed by atoms with van der Waals surface area (Å²) in [6, 6.07) is 13.4. The second-order valence-corrected chi connectivity index (χ2v) is 9.15. The van der Waals surface area contributed by atoms with Gasteiger partial charge in [-0.3, -0.25) is 9.52 Å². The summed E-state index contributed by atoms with van der Waals surface area (Å²) in [5.41, 5.74) is 0.769. The average molecular weight is 401 g/mol. The zero-order chi connectivity index (χ0) is 19.7. The van der Waals surface area contributed by atoms with Crippen LogP contribution in [0.5, 0.6) is 5.75 Å². The number of sulfonamides is 1. The van der Waals surface area contributed by atoms with Gasteiger partial charge in [-0.15, -0.1) is 0 Å². The van der Waals surface area contributed by atoms with Gasteiger partial charge in [0.1, 0.15) is 5.75 Å². The highest BCUT2D eigenvalue weighted by Crippen LogP contribution is 2.36. The highest BCUT2D eigenvalue weighted by molar-refractivity contribution is 7.92. The fourth-order valence-corrected chi connectivity index (χ4v) is 4.37.